The Labute approximate surface area is 157 Å². The summed E-state index contributed by atoms with van der Waals surface area (Å²) in [5.41, 5.74) is 5.75. The smallest absolute Gasteiger partial charge is 0.406 e. The first-order chi connectivity index (χ1) is 12.7. The van der Waals surface area contributed by atoms with E-state index in [1.807, 2.05) is 7.05 Å². The molecule has 0 unspecified atom stereocenters. The molecule has 1 aliphatic rings. The molecule has 1 fully saturated rings. The number of likely N-dealkylation sites (tertiary alicyclic amines) is 1. The molecule has 1 aliphatic heterocycles. The Morgan fingerprint density at radius 2 is 2.11 bits per heavy atom. The van der Waals surface area contributed by atoms with Crippen LogP contribution in [0.4, 0.5) is 13.2 Å². The number of oxime groups is 1. The van der Waals surface area contributed by atoms with E-state index in [1.54, 1.807) is 0 Å². The number of amides is 1. The Hall–Kier alpha value is -2.27. The highest BCUT2D eigenvalue weighted by Crippen LogP contribution is 2.32. The Balaban J connectivity index is 1.92. The number of nitrogens with one attached hydrogen (secondary N) is 1. The lowest BCUT2D eigenvalue weighted by Crippen LogP contribution is -2.43. The van der Waals surface area contributed by atoms with Crippen molar-refractivity contribution in [2.75, 3.05) is 20.1 Å². The van der Waals surface area contributed by atoms with Gasteiger partial charge in [0.2, 0.25) is 0 Å². The number of alkyl halides is 3. The van der Waals surface area contributed by atoms with Gasteiger partial charge in [-0.15, -0.1) is 11.3 Å². The van der Waals surface area contributed by atoms with Gasteiger partial charge in [-0.3, -0.25) is 4.79 Å². The number of fused-ring (bicyclic) bond motifs is 1. The topological polar surface area (TPSA) is 95.9 Å². The van der Waals surface area contributed by atoms with Gasteiger partial charge in [0.05, 0.1) is 11.3 Å². The highest BCUT2D eigenvalue weighted by Gasteiger charge is 2.32. The zero-order valence-corrected chi connectivity index (χ0v) is 15.4. The lowest BCUT2D eigenvalue weighted by atomic mass is 10.0. The summed E-state index contributed by atoms with van der Waals surface area (Å²) in [5, 5.41) is 16.5. The van der Waals surface area contributed by atoms with Gasteiger partial charge in [0, 0.05) is 16.8 Å². The van der Waals surface area contributed by atoms with Crippen LogP contribution in [0, 0.1) is 0 Å². The van der Waals surface area contributed by atoms with E-state index < -0.39 is 18.6 Å². The second kappa shape index (κ2) is 7.39. The molecule has 3 heterocycles. The van der Waals surface area contributed by atoms with Gasteiger partial charge < -0.3 is 25.7 Å². The predicted molar refractivity (Wildman–Crippen MR) is 96.4 cm³/mol. The molecule has 1 amide bonds. The third-order valence-corrected chi connectivity index (χ3v) is 5.65. The minimum Gasteiger partial charge on any atom is -0.409 e. The lowest BCUT2D eigenvalue weighted by molar-refractivity contribution is -0.139. The number of aromatic nitrogens is 1. The fourth-order valence-electron chi connectivity index (χ4n) is 3.22. The number of nitrogens with zero attached hydrogens (tertiary/aromatic N) is 3. The predicted octanol–water partition coefficient (Wildman–Crippen LogP) is 2.18. The van der Waals surface area contributed by atoms with Crippen LogP contribution in [0.5, 0.6) is 0 Å². The molecule has 0 aromatic carbocycles. The SMILES string of the molecule is CN1CCC(NC(=O)c2csc3c2cc(/C(N)=N/O)n3CC(F)(F)F)CC1. The third-order valence-electron chi connectivity index (χ3n) is 4.63. The highest BCUT2D eigenvalue weighted by molar-refractivity contribution is 7.17. The number of nitrogens with two attached hydrogens (primary N) is 1. The minimum absolute atomic E-state index is 0.0319. The zero-order valence-electron chi connectivity index (χ0n) is 14.6. The number of rotatable bonds is 4. The van der Waals surface area contributed by atoms with Crippen LogP contribution in [0.3, 0.4) is 0 Å². The molecule has 0 bridgehead atoms. The summed E-state index contributed by atoms with van der Waals surface area (Å²) in [5.74, 6) is -0.768. The summed E-state index contributed by atoms with van der Waals surface area (Å²) in [6.07, 6.45) is -2.85. The zero-order chi connectivity index (χ0) is 19.8. The van der Waals surface area contributed by atoms with Gasteiger partial charge in [0.15, 0.2) is 5.84 Å². The molecule has 4 N–H and O–H groups in total. The van der Waals surface area contributed by atoms with Crippen LogP contribution in [-0.2, 0) is 6.54 Å². The summed E-state index contributed by atoms with van der Waals surface area (Å²) in [4.78, 5) is 15.1. The Morgan fingerprint density at radius 3 is 2.70 bits per heavy atom. The summed E-state index contributed by atoms with van der Waals surface area (Å²) >= 11 is 1.02. The van der Waals surface area contributed by atoms with Gasteiger partial charge in [-0.05, 0) is 39.0 Å². The standard InChI is InChI=1S/C16H20F3N5O2S/c1-23-4-2-9(3-5-23)21-14(25)11-7-27-15-10(11)6-12(13(20)22-26)24(15)8-16(17,18)19/h6-7,9,26H,2-5,8H2,1H3,(H2,20,22)(H,21,25). The van der Waals surface area contributed by atoms with Crippen molar-refractivity contribution in [3.63, 3.8) is 0 Å². The van der Waals surface area contributed by atoms with Crippen LogP contribution in [0.2, 0.25) is 0 Å². The maximum absolute atomic E-state index is 13.0. The molecule has 3 rings (SSSR count). The molecule has 0 saturated carbocycles. The second-order valence-electron chi connectivity index (χ2n) is 6.64. The monoisotopic (exact) mass is 403 g/mol. The van der Waals surface area contributed by atoms with E-state index >= 15 is 0 Å². The van der Waals surface area contributed by atoms with Crippen molar-refractivity contribution in [3.8, 4) is 0 Å². The molecule has 0 aliphatic carbocycles. The maximum atomic E-state index is 13.0. The number of piperidine rings is 1. The van der Waals surface area contributed by atoms with Crippen LogP contribution in [0.25, 0.3) is 10.2 Å². The van der Waals surface area contributed by atoms with Crippen molar-refractivity contribution < 1.29 is 23.2 Å². The summed E-state index contributed by atoms with van der Waals surface area (Å²) in [7, 11) is 2.01. The van der Waals surface area contributed by atoms with Gasteiger partial charge in [-0.25, -0.2) is 0 Å². The molecular formula is C16H20F3N5O2S. The number of amidine groups is 1. The molecule has 11 heteroatoms. The van der Waals surface area contributed by atoms with Crippen LogP contribution in [-0.4, -0.2) is 58.8 Å². The van der Waals surface area contributed by atoms with E-state index in [-0.39, 0.29) is 22.5 Å². The van der Waals surface area contributed by atoms with Gasteiger partial charge in [-0.1, -0.05) is 5.16 Å². The van der Waals surface area contributed by atoms with Crippen molar-refractivity contribution in [3.05, 3.63) is 22.7 Å². The molecule has 7 nitrogen and oxygen atoms in total. The first-order valence-electron chi connectivity index (χ1n) is 8.34. The van der Waals surface area contributed by atoms with Crippen molar-refractivity contribution in [2.45, 2.75) is 31.6 Å². The van der Waals surface area contributed by atoms with Crippen molar-refractivity contribution >= 4 is 33.3 Å². The van der Waals surface area contributed by atoms with Crippen LogP contribution in [0.1, 0.15) is 28.9 Å². The maximum Gasteiger partial charge on any atom is 0.406 e. The Morgan fingerprint density at radius 1 is 1.44 bits per heavy atom. The van der Waals surface area contributed by atoms with E-state index in [9.17, 15) is 18.0 Å². The number of thiophene rings is 1. The number of carbonyl (C=O) groups excluding carboxylic acids is 1. The largest absolute Gasteiger partial charge is 0.409 e. The minimum atomic E-state index is -4.49. The average Bonchev–Trinajstić information content (AvgIpc) is 3.15. The normalized spacial score (nSPS) is 17.6. The molecule has 0 radical (unpaired) electrons. The third kappa shape index (κ3) is 4.19. The fourth-order valence-corrected chi connectivity index (χ4v) is 4.27. The number of hydrogen-bond donors (Lipinski definition) is 3. The first-order valence-corrected chi connectivity index (χ1v) is 9.22. The first kappa shape index (κ1) is 19.5. The van der Waals surface area contributed by atoms with E-state index in [1.165, 1.54) is 11.4 Å². The average molecular weight is 403 g/mol. The highest BCUT2D eigenvalue weighted by atomic mass is 32.1. The van der Waals surface area contributed by atoms with Gasteiger partial charge >= 0.3 is 6.18 Å². The van der Waals surface area contributed by atoms with E-state index in [0.717, 1.165) is 41.8 Å². The molecule has 0 atom stereocenters. The van der Waals surface area contributed by atoms with Crippen molar-refractivity contribution in [1.29, 1.82) is 0 Å². The van der Waals surface area contributed by atoms with Gasteiger partial charge in [-0.2, -0.15) is 13.2 Å². The number of carbonyl (C=O) groups is 1. The summed E-state index contributed by atoms with van der Waals surface area (Å²) < 4.78 is 39.8. The number of halogens is 3. The summed E-state index contributed by atoms with van der Waals surface area (Å²) in [6.45, 7) is 0.456. The van der Waals surface area contributed by atoms with Gasteiger partial charge in [0.25, 0.3) is 5.91 Å². The fraction of sp³-hybridized carbons (Fsp3) is 0.500. The molecule has 2 aromatic heterocycles. The summed E-state index contributed by atoms with van der Waals surface area (Å²) in [6, 6.07) is 1.39. The van der Waals surface area contributed by atoms with E-state index in [4.69, 9.17) is 10.9 Å². The molecule has 148 valence electrons. The van der Waals surface area contributed by atoms with Crippen LogP contribution >= 0.6 is 11.3 Å². The van der Waals surface area contributed by atoms with Crippen LogP contribution in [0.15, 0.2) is 16.6 Å². The number of hydrogen-bond acceptors (Lipinski definition) is 5. The van der Waals surface area contributed by atoms with Crippen molar-refractivity contribution in [2.24, 2.45) is 10.9 Å². The molecule has 27 heavy (non-hydrogen) atoms. The molecule has 0 spiro atoms. The van der Waals surface area contributed by atoms with E-state index in [2.05, 4.69) is 15.4 Å². The lowest BCUT2D eigenvalue weighted by Gasteiger charge is -2.29. The molecular weight excluding hydrogens is 383 g/mol. The van der Waals surface area contributed by atoms with E-state index in [0.29, 0.717) is 10.9 Å². The molecule has 1 saturated heterocycles. The quantitative estimate of drug-likeness (QED) is 0.316. The Kier molecular flexibility index (Phi) is 5.33. The molecule has 2 aromatic rings. The van der Waals surface area contributed by atoms with Crippen molar-refractivity contribution in [1.82, 2.24) is 14.8 Å². The Bertz CT molecular complexity index is 865. The van der Waals surface area contributed by atoms with Gasteiger partial charge in [0.1, 0.15) is 11.4 Å². The van der Waals surface area contributed by atoms with Crippen LogP contribution < -0.4 is 11.1 Å². The second-order valence-corrected chi connectivity index (χ2v) is 7.49.